The average molecular weight is 353 g/mol. The molecule has 0 bridgehead atoms. The molecule has 138 valence electrons. The zero-order valence-electron chi connectivity index (χ0n) is 16.0. The Bertz CT molecular complexity index is 899. The predicted octanol–water partition coefficient (Wildman–Crippen LogP) is 3.39. The predicted molar refractivity (Wildman–Crippen MR) is 103 cm³/mol. The van der Waals surface area contributed by atoms with E-state index in [-0.39, 0.29) is 0 Å². The van der Waals surface area contributed by atoms with Gasteiger partial charge in [-0.25, -0.2) is 0 Å². The summed E-state index contributed by atoms with van der Waals surface area (Å²) in [7, 11) is 6.27. The maximum absolute atomic E-state index is 5.98. The van der Waals surface area contributed by atoms with Crippen molar-refractivity contribution in [3.05, 3.63) is 41.7 Å². The van der Waals surface area contributed by atoms with Gasteiger partial charge in [0.05, 0.1) is 6.20 Å². The Kier molecular flexibility index (Phi) is 4.44. The fraction of sp³-hybridized carbons (Fsp3) is 0.500. The highest BCUT2D eigenvalue weighted by atomic mass is 16.4. The van der Waals surface area contributed by atoms with E-state index >= 15 is 0 Å². The molecule has 1 aromatic carbocycles. The fourth-order valence-corrected chi connectivity index (χ4v) is 4.19. The third-order valence-electron chi connectivity index (χ3n) is 5.44. The Morgan fingerprint density at radius 3 is 2.92 bits per heavy atom. The molecule has 6 heteroatoms. The van der Waals surface area contributed by atoms with Crippen LogP contribution in [0.5, 0.6) is 0 Å². The number of anilines is 1. The number of rotatable bonds is 4. The van der Waals surface area contributed by atoms with Gasteiger partial charge in [-0.15, -0.1) is 0 Å². The van der Waals surface area contributed by atoms with Crippen LogP contribution in [0.3, 0.4) is 0 Å². The zero-order chi connectivity index (χ0) is 18.3. The molecule has 0 unspecified atom stereocenters. The molecule has 0 N–H and O–H groups in total. The number of fused-ring (bicyclic) bond motifs is 1. The third-order valence-corrected chi connectivity index (χ3v) is 5.44. The molecule has 3 aromatic rings. The summed E-state index contributed by atoms with van der Waals surface area (Å²) in [6, 6.07) is 7.21. The van der Waals surface area contributed by atoms with Gasteiger partial charge >= 0.3 is 0 Å². The maximum atomic E-state index is 5.98. The Morgan fingerprint density at radius 2 is 2.15 bits per heavy atom. The molecule has 1 aliphatic rings. The van der Waals surface area contributed by atoms with Crippen LogP contribution >= 0.6 is 0 Å². The summed E-state index contributed by atoms with van der Waals surface area (Å²) < 4.78 is 7.87. The van der Waals surface area contributed by atoms with E-state index in [4.69, 9.17) is 4.42 Å². The van der Waals surface area contributed by atoms with E-state index in [0.717, 1.165) is 24.2 Å². The van der Waals surface area contributed by atoms with E-state index in [1.165, 1.54) is 24.0 Å². The molecule has 2 aromatic heterocycles. The third kappa shape index (κ3) is 3.21. The normalized spacial score (nSPS) is 21.4. The lowest BCUT2D eigenvalue weighted by Crippen LogP contribution is -2.41. The molecule has 1 fully saturated rings. The molecule has 1 saturated heterocycles. The number of benzene rings is 1. The Hall–Kier alpha value is -2.34. The first-order chi connectivity index (χ1) is 12.5. The van der Waals surface area contributed by atoms with E-state index in [9.17, 15) is 0 Å². The van der Waals surface area contributed by atoms with Crippen LogP contribution in [0.4, 0.5) is 6.01 Å². The molecule has 0 aliphatic carbocycles. The standard InChI is InChI=1S/C20H27N5O/c1-14-7-8-18-17(10-14)22-20(26-18)24(3)12-15-6-5-9-23(2)19(15)16-11-21-25(4)13-16/h7-8,10-11,13,15,19H,5-6,9,12H2,1-4H3/t15-,19+/m0/s1. The van der Waals surface area contributed by atoms with Crippen LogP contribution in [0.25, 0.3) is 11.1 Å². The van der Waals surface area contributed by atoms with E-state index in [1.54, 1.807) is 0 Å². The van der Waals surface area contributed by atoms with Crippen molar-refractivity contribution in [1.29, 1.82) is 0 Å². The quantitative estimate of drug-likeness (QED) is 0.720. The summed E-state index contributed by atoms with van der Waals surface area (Å²) in [6.45, 7) is 4.12. The van der Waals surface area contributed by atoms with Crippen molar-refractivity contribution in [3.63, 3.8) is 0 Å². The van der Waals surface area contributed by atoms with Gasteiger partial charge in [-0.3, -0.25) is 9.58 Å². The van der Waals surface area contributed by atoms with Gasteiger partial charge in [0.1, 0.15) is 5.52 Å². The molecule has 26 heavy (non-hydrogen) atoms. The lowest BCUT2D eigenvalue weighted by Gasteiger charge is -2.40. The summed E-state index contributed by atoms with van der Waals surface area (Å²) in [5.74, 6) is 0.514. The molecule has 0 radical (unpaired) electrons. The van der Waals surface area contributed by atoms with Crippen LogP contribution in [0.2, 0.25) is 0 Å². The van der Waals surface area contributed by atoms with Crippen molar-refractivity contribution in [3.8, 4) is 0 Å². The lowest BCUT2D eigenvalue weighted by atomic mass is 9.86. The second kappa shape index (κ2) is 6.76. The van der Waals surface area contributed by atoms with Gasteiger partial charge in [-0.1, -0.05) is 6.07 Å². The first kappa shape index (κ1) is 17.1. The van der Waals surface area contributed by atoms with Crippen LogP contribution in [-0.2, 0) is 7.05 Å². The first-order valence-corrected chi connectivity index (χ1v) is 9.28. The summed E-state index contributed by atoms with van der Waals surface area (Å²) in [6.07, 6.45) is 6.56. The summed E-state index contributed by atoms with van der Waals surface area (Å²) in [4.78, 5) is 9.30. The number of hydrogen-bond donors (Lipinski definition) is 0. The Morgan fingerprint density at radius 1 is 1.31 bits per heavy atom. The molecule has 1 aliphatic heterocycles. The van der Waals surface area contributed by atoms with Crippen molar-refractivity contribution >= 4 is 17.1 Å². The molecule has 4 rings (SSSR count). The summed E-state index contributed by atoms with van der Waals surface area (Å²) >= 11 is 0. The van der Waals surface area contributed by atoms with Crippen LogP contribution in [-0.4, -0.2) is 46.8 Å². The number of oxazole rings is 1. The van der Waals surface area contributed by atoms with Crippen molar-refractivity contribution in [1.82, 2.24) is 19.7 Å². The Balaban J connectivity index is 1.56. The van der Waals surface area contributed by atoms with Crippen LogP contribution < -0.4 is 4.90 Å². The molecule has 3 heterocycles. The SMILES string of the molecule is Cc1ccc2oc(N(C)C[C@@H]3CCCN(C)[C@H]3c3cnn(C)c3)nc2c1. The van der Waals surface area contributed by atoms with Crippen molar-refractivity contribution in [2.75, 3.05) is 32.1 Å². The van der Waals surface area contributed by atoms with E-state index in [1.807, 2.05) is 24.0 Å². The van der Waals surface area contributed by atoms with Gasteiger partial charge in [0, 0.05) is 38.4 Å². The number of aryl methyl sites for hydroxylation is 2. The second-order valence-electron chi connectivity index (χ2n) is 7.62. The highest BCUT2D eigenvalue weighted by molar-refractivity contribution is 5.75. The number of aromatic nitrogens is 3. The van der Waals surface area contributed by atoms with Crippen molar-refractivity contribution in [2.45, 2.75) is 25.8 Å². The number of piperidine rings is 1. The Labute approximate surface area is 154 Å². The molecule has 0 amide bonds. The monoisotopic (exact) mass is 353 g/mol. The van der Waals surface area contributed by atoms with Crippen LogP contribution in [0.15, 0.2) is 35.0 Å². The summed E-state index contributed by atoms with van der Waals surface area (Å²) in [5, 5.41) is 4.38. The number of likely N-dealkylation sites (tertiary alicyclic amines) is 1. The average Bonchev–Trinajstić information content (AvgIpc) is 3.20. The zero-order valence-corrected chi connectivity index (χ0v) is 16.0. The molecule has 2 atom stereocenters. The van der Waals surface area contributed by atoms with Gasteiger partial charge in [0.25, 0.3) is 6.01 Å². The molecular formula is C20H27N5O. The van der Waals surface area contributed by atoms with Crippen LogP contribution in [0, 0.1) is 12.8 Å². The van der Waals surface area contributed by atoms with Gasteiger partial charge in [0.15, 0.2) is 5.58 Å². The molecule has 0 spiro atoms. The minimum atomic E-state index is 0.381. The van der Waals surface area contributed by atoms with Gasteiger partial charge in [0.2, 0.25) is 0 Å². The van der Waals surface area contributed by atoms with Crippen molar-refractivity contribution in [2.24, 2.45) is 13.0 Å². The van der Waals surface area contributed by atoms with Gasteiger partial charge in [-0.05, 0) is 57.0 Å². The van der Waals surface area contributed by atoms with Crippen LogP contribution in [0.1, 0.15) is 30.0 Å². The van der Waals surface area contributed by atoms with Gasteiger partial charge < -0.3 is 9.32 Å². The molecular weight excluding hydrogens is 326 g/mol. The van der Waals surface area contributed by atoms with E-state index in [0.29, 0.717) is 18.0 Å². The minimum absolute atomic E-state index is 0.381. The smallest absolute Gasteiger partial charge is 0.298 e. The number of hydrogen-bond acceptors (Lipinski definition) is 5. The topological polar surface area (TPSA) is 50.3 Å². The number of nitrogens with zero attached hydrogens (tertiary/aromatic N) is 5. The lowest BCUT2D eigenvalue weighted by molar-refractivity contribution is 0.124. The molecule has 0 saturated carbocycles. The minimum Gasteiger partial charge on any atom is -0.423 e. The second-order valence-corrected chi connectivity index (χ2v) is 7.62. The first-order valence-electron chi connectivity index (χ1n) is 9.28. The van der Waals surface area contributed by atoms with E-state index < -0.39 is 0 Å². The van der Waals surface area contributed by atoms with Crippen molar-refractivity contribution < 1.29 is 4.42 Å². The highest BCUT2D eigenvalue weighted by Gasteiger charge is 2.32. The highest BCUT2D eigenvalue weighted by Crippen LogP contribution is 2.36. The largest absolute Gasteiger partial charge is 0.423 e. The molecule has 6 nitrogen and oxygen atoms in total. The summed E-state index contributed by atoms with van der Waals surface area (Å²) in [5.41, 5.74) is 4.27. The van der Waals surface area contributed by atoms with Gasteiger partial charge in [-0.2, -0.15) is 10.1 Å². The van der Waals surface area contributed by atoms with E-state index in [2.05, 4.69) is 59.2 Å². The fourth-order valence-electron chi connectivity index (χ4n) is 4.19. The maximum Gasteiger partial charge on any atom is 0.298 e.